The Balaban J connectivity index is 3.24. The Labute approximate surface area is 115 Å². The monoisotopic (exact) mass is 289 g/mol. The van der Waals surface area contributed by atoms with E-state index in [2.05, 4.69) is 0 Å². The highest BCUT2D eigenvalue weighted by molar-refractivity contribution is 5.97. The molecule has 0 radical (unpaired) electrons. The molecule has 7 heteroatoms. The summed E-state index contributed by atoms with van der Waals surface area (Å²) in [6.45, 7) is 2.75. The van der Waals surface area contributed by atoms with E-state index in [-0.39, 0.29) is 12.2 Å². The van der Waals surface area contributed by atoms with Crippen LogP contribution in [0.1, 0.15) is 24.5 Å². The normalized spacial score (nSPS) is 11.4. The van der Waals surface area contributed by atoms with Crippen molar-refractivity contribution in [3.05, 3.63) is 29.3 Å². The van der Waals surface area contributed by atoms with Crippen LogP contribution in [-0.4, -0.2) is 30.6 Å². The van der Waals surface area contributed by atoms with Crippen molar-refractivity contribution in [3.8, 4) is 0 Å². The zero-order valence-corrected chi connectivity index (χ0v) is 11.2. The van der Waals surface area contributed by atoms with E-state index in [1.54, 1.807) is 4.90 Å². The fourth-order valence-corrected chi connectivity index (χ4v) is 1.96. The summed E-state index contributed by atoms with van der Waals surface area (Å²) in [5.41, 5.74) is 4.50. The number of amidine groups is 1. The standard InChI is InChI=1S/C13H18F3N3O/c1-2-5-19(6-7-20)9-3-4-11(13(14,15)16)10(8-9)12(17)18/h3-4,8,20H,2,5-7H2,1H3,(H3,17,18). The van der Waals surface area contributed by atoms with E-state index in [1.165, 1.54) is 12.1 Å². The van der Waals surface area contributed by atoms with E-state index in [0.717, 1.165) is 12.5 Å². The van der Waals surface area contributed by atoms with Crippen LogP contribution in [0.5, 0.6) is 0 Å². The fraction of sp³-hybridized carbons (Fsp3) is 0.462. The highest BCUT2D eigenvalue weighted by Crippen LogP contribution is 2.33. The summed E-state index contributed by atoms with van der Waals surface area (Å²) in [7, 11) is 0. The number of anilines is 1. The maximum atomic E-state index is 12.8. The minimum atomic E-state index is -4.55. The van der Waals surface area contributed by atoms with Crippen molar-refractivity contribution < 1.29 is 18.3 Å². The molecule has 1 aromatic rings. The van der Waals surface area contributed by atoms with Crippen molar-refractivity contribution in [2.24, 2.45) is 5.73 Å². The van der Waals surface area contributed by atoms with Crippen LogP contribution in [0.15, 0.2) is 18.2 Å². The van der Waals surface area contributed by atoms with Crippen molar-refractivity contribution >= 4 is 11.5 Å². The lowest BCUT2D eigenvalue weighted by Gasteiger charge is -2.25. The van der Waals surface area contributed by atoms with Gasteiger partial charge >= 0.3 is 6.18 Å². The maximum Gasteiger partial charge on any atom is 0.417 e. The van der Waals surface area contributed by atoms with E-state index >= 15 is 0 Å². The molecule has 0 fully saturated rings. The first-order valence-corrected chi connectivity index (χ1v) is 6.22. The third kappa shape index (κ3) is 3.86. The average Bonchev–Trinajstić information content (AvgIpc) is 2.36. The second-order valence-electron chi connectivity index (χ2n) is 4.35. The topological polar surface area (TPSA) is 73.3 Å². The van der Waals surface area contributed by atoms with Gasteiger partial charge in [-0.3, -0.25) is 5.41 Å². The molecule has 1 rings (SSSR count). The molecular formula is C13H18F3N3O. The number of benzene rings is 1. The number of nitrogens with zero attached hydrogens (tertiary/aromatic N) is 1. The molecule has 0 amide bonds. The van der Waals surface area contributed by atoms with Crippen LogP contribution in [0.4, 0.5) is 18.9 Å². The van der Waals surface area contributed by atoms with E-state index in [1.807, 2.05) is 6.92 Å². The van der Waals surface area contributed by atoms with Crippen molar-refractivity contribution in [2.75, 3.05) is 24.6 Å². The zero-order chi connectivity index (χ0) is 15.3. The second kappa shape index (κ2) is 6.60. The number of hydrogen-bond donors (Lipinski definition) is 3. The molecule has 4 nitrogen and oxygen atoms in total. The van der Waals surface area contributed by atoms with Gasteiger partial charge in [-0.1, -0.05) is 6.92 Å². The van der Waals surface area contributed by atoms with E-state index in [0.29, 0.717) is 18.8 Å². The molecule has 4 N–H and O–H groups in total. The first-order valence-electron chi connectivity index (χ1n) is 6.22. The molecule has 0 bridgehead atoms. The number of nitrogens with two attached hydrogens (primary N) is 1. The number of rotatable bonds is 6. The van der Waals surface area contributed by atoms with Crippen LogP contribution >= 0.6 is 0 Å². The largest absolute Gasteiger partial charge is 0.417 e. The van der Waals surface area contributed by atoms with Gasteiger partial charge in [0, 0.05) is 24.3 Å². The number of nitrogens with one attached hydrogen (secondary N) is 1. The molecule has 0 aromatic heterocycles. The molecule has 0 aliphatic heterocycles. The van der Waals surface area contributed by atoms with Crippen molar-refractivity contribution in [3.63, 3.8) is 0 Å². The van der Waals surface area contributed by atoms with Crippen LogP contribution in [-0.2, 0) is 6.18 Å². The first-order chi connectivity index (χ1) is 9.31. The predicted octanol–water partition coefficient (Wildman–Crippen LogP) is 2.20. The van der Waals surface area contributed by atoms with Gasteiger partial charge in [0.2, 0.25) is 0 Å². The van der Waals surface area contributed by atoms with Gasteiger partial charge in [0.1, 0.15) is 5.84 Å². The van der Waals surface area contributed by atoms with Crippen LogP contribution in [0.25, 0.3) is 0 Å². The Morgan fingerprint density at radius 1 is 1.35 bits per heavy atom. The highest BCUT2D eigenvalue weighted by atomic mass is 19.4. The molecule has 0 aliphatic carbocycles. The smallest absolute Gasteiger partial charge is 0.395 e. The minimum absolute atomic E-state index is 0.101. The summed E-state index contributed by atoms with van der Waals surface area (Å²) in [5, 5.41) is 16.3. The highest BCUT2D eigenvalue weighted by Gasteiger charge is 2.34. The number of hydrogen-bond acceptors (Lipinski definition) is 3. The van der Waals surface area contributed by atoms with Gasteiger partial charge in [-0.05, 0) is 24.6 Å². The lowest BCUT2D eigenvalue weighted by molar-refractivity contribution is -0.137. The van der Waals surface area contributed by atoms with Gasteiger partial charge in [-0.25, -0.2) is 0 Å². The second-order valence-corrected chi connectivity index (χ2v) is 4.35. The Hall–Kier alpha value is -1.76. The zero-order valence-electron chi connectivity index (χ0n) is 11.2. The van der Waals surface area contributed by atoms with Crippen LogP contribution in [0.2, 0.25) is 0 Å². The predicted molar refractivity (Wildman–Crippen MR) is 72.0 cm³/mol. The van der Waals surface area contributed by atoms with E-state index < -0.39 is 17.6 Å². The molecule has 1 aromatic carbocycles. The summed E-state index contributed by atoms with van der Waals surface area (Å²) in [5.74, 6) is -0.625. The summed E-state index contributed by atoms with van der Waals surface area (Å²) in [6, 6.07) is 3.50. The van der Waals surface area contributed by atoms with Gasteiger partial charge in [0.15, 0.2) is 0 Å². The quantitative estimate of drug-likeness (QED) is 0.555. The molecule has 0 saturated heterocycles. The number of nitrogen functional groups attached to an aromatic ring is 1. The first kappa shape index (κ1) is 16.3. The Morgan fingerprint density at radius 3 is 2.45 bits per heavy atom. The van der Waals surface area contributed by atoms with Gasteiger partial charge < -0.3 is 15.7 Å². The lowest BCUT2D eigenvalue weighted by Crippen LogP contribution is -2.28. The fourth-order valence-electron chi connectivity index (χ4n) is 1.96. The van der Waals surface area contributed by atoms with Gasteiger partial charge in [-0.15, -0.1) is 0 Å². The molecule has 0 atom stereocenters. The number of alkyl halides is 3. The van der Waals surface area contributed by atoms with Gasteiger partial charge in [-0.2, -0.15) is 13.2 Å². The van der Waals surface area contributed by atoms with E-state index in [9.17, 15) is 13.2 Å². The van der Waals surface area contributed by atoms with Crippen LogP contribution in [0.3, 0.4) is 0 Å². The lowest BCUT2D eigenvalue weighted by atomic mass is 10.0. The summed E-state index contributed by atoms with van der Waals surface area (Å²) in [6.07, 6.45) is -3.76. The molecule has 112 valence electrons. The Bertz CT molecular complexity index is 468. The third-order valence-corrected chi connectivity index (χ3v) is 2.83. The molecule has 0 spiro atoms. The van der Waals surface area contributed by atoms with Crippen LogP contribution in [0, 0.1) is 5.41 Å². The summed E-state index contributed by atoms with van der Waals surface area (Å²) < 4.78 is 38.5. The molecule has 0 heterocycles. The SMILES string of the molecule is CCCN(CCO)c1ccc(C(F)(F)F)c(C(=N)N)c1. The summed E-state index contributed by atoms with van der Waals surface area (Å²) >= 11 is 0. The van der Waals surface area contributed by atoms with Crippen molar-refractivity contribution in [2.45, 2.75) is 19.5 Å². The van der Waals surface area contributed by atoms with E-state index in [4.69, 9.17) is 16.2 Å². The molecule has 0 unspecified atom stereocenters. The molecule has 20 heavy (non-hydrogen) atoms. The average molecular weight is 289 g/mol. The van der Waals surface area contributed by atoms with Crippen molar-refractivity contribution in [1.82, 2.24) is 0 Å². The number of halogens is 3. The van der Waals surface area contributed by atoms with Gasteiger partial charge in [0.05, 0.1) is 12.2 Å². The molecule has 0 saturated carbocycles. The number of aliphatic hydroxyl groups is 1. The molecule has 0 aliphatic rings. The third-order valence-electron chi connectivity index (χ3n) is 2.83. The summed E-state index contributed by atoms with van der Waals surface area (Å²) in [4.78, 5) is 1.76. The minimum Gasteiger partial charge on any atom is -0.395 e. The molecular weight excluding hydrogens is 271 g/mol. The Morgan fingerprint density at radius 2 is 2.00 bits per heavy atom. The van der Waals surface area contributed by atoms with Crippen LogP contribution < -0.4 is 10.6 Å². The van der Waals surface area contributed by atoms with Crippen molar-refractivity contribution in [1.29, 1.82) is 5.41 Å². The van der Waals surface area contributed by atoms with Gasteiger partial charge in [0.25, 0.3) is 0 Å². The Kier molecular flexibility index (Phi) is 5.38. The maximum absolute atomic E-state index is 12.8. The number of aliphatic hydroxyl groups excluding tert-OH is 1.